The topological polar surface area (TPSA) is 111 Å². The first-order valence-corrected chi connectivity index (χ1v) is 4.71. The number of carbonyl (C=O) groups is 1. The standard InChI is InChI=1S/C9H12N2O6/c1-16-8(14)6-4-7(13)10-9(15)11(6)5-17-3-2-12/h4,12H,2-3,5H2,1H3,(H,10,13,15). The van der Waals surface area contributed by atoms with E-state index in [0.29, 0.717) is 0 Å². The van der Waals surface area contributed by atoms with Crippen LogP contribution in [0.1, 0.15) is 10.5 Å². The first kappa shape index (κ1) is 13.1. The van der Waals surface area contributed by atoms with E-state index in [0.717, 1.165) is 17.7 Å². The lowest BCUT2D eigenvalue weighted by Gasteiger charge is -2.09. The number of aromatic nitrogens is 2. The molecule has 0 saturated heterocycles. The van der Waals surface area contributed by atoms with E-state index in [1.165, 1.54) is 0 Å². The number of aromatic amines is 1. The fraction of sp³-hybridized carbons (Fsp3) is 0.444. The van der Waals surface area contributed by atoms with Gasteiger partial charge < -0.3 is 14.6 Å². The van der Waals surface area contributed by atoms with Crippen molar-refractivity contribution in [2.75, 3.05) is 20.3 Å². The van der Waals surface area contributed by atoms with E-state index in [1.807, 2.05) is 4.98 Å². The van der Waals surface area contributed by atoms with Gasteiger partial charge in [0.2, 0.25) is 0 Å². The van der Waals surface area contributed by atoms with Crippen LogP contribution in [-0.2, 0) is 16.2 Å². The summed E-state index contributed by atoms with van der Waals surface area (Å²) < 4.78 is 10.3. The third kappa shape index (κ3) is 3.26. The predicted octanol–water partition coefficient (Wildman–Crippen LogP) is -1.71. The van der Waals surface area contributed by atoms with Crippen LogP contribution in [0.2, 0.25) is 0 Å². The average Bonchev–Trinajstić information content (AvgIpc) is 2.30. The lowest BCUT2D eigenvalue weighted by Crippen LogP contribution is -2.35. The van der Waals surface area contributed by atoms with Crippen molar-refractivity contribution in [2.24, 2.45) is 0 Å². The molecule has 0 spiro atoms. The molecule has 0 aliphatic heterocycles. The second-order valence-corrected chi connectivity index (χ2v) is 3.00. The molecular weight excluding hydrogens is 232 g/mol. The summed E-state index contributed by atoms with van der Waals surface area (Å²) in [6.45, 7) is -0.474. The van der Waals surface area contributed by atoms with Crippen LogP contribution in [0.25, 0.3) is 0 Å². The van der Waals surface area contributed by atoms with Crippen molar-refractivity contribution in [1.29, 1.82) is 0 Å². The Balaban J connectivity index is 3.12. The van der Waals surface area contributed by atoms with Crippen molar-refractivity contribution in [3.05, 3.63) is 32.6 Å². The second kappa shape index (κ2) is 5.97. The lowest BCUT2D eigenvalue weighted by atomic mass is 10.4. The number of hydrogen-bond donors (Lipinski definition) is 2. The molecule has 0 radical (unpaired) electrons. The number of rotatable bonds is 5. The maximum absolute atomic E-state index is 11.4. The first-order valence-electron chi connectivity index (χ1n) is 4.71. The molecule has 1 aromatic heterocycles. The van der Waals surface area contributed by atoms with Gasteiger partial charge >= 0.3 is 11.7 Å². The Morgan fingerprint density at radius 3 is 2.82 bits per heavy atom. The Labute approximate surface area is 95.4 Å². The molecule has 8 nitrogen and oxygen atoms in total. The van der Waals surface area contributed by atoms with Gasteiger partial charge in [0, 0.05) is 6.07 Å². The first-order chi connectivity index (χ1) is 8.10. The summed E-state index contributed by atoms with van der Waals surface area (Å²) in [4.78, 5) is 35.8. The van der Waals surface area contributed by atoms with Gasteiger partial charge in [0.15, 0.2) is 0 Å². The van der Waals surface area contributed by atoms with Crippen molar-refractivity contribution in [3.8, 4) is 0 Å². The molecule has 0 fully saturated rings. The van der Waals surface area contributed by atoms with Crippen LogP contribution in [0, 0.1) is 0 Å². The molecule has 8 heteroatoms. The smallest absolute Gasteiger partial charge is 0.355 e. The average molecular weight is 244 g/mol. The van der Waals surface area contributed by atoms with Crippen LogP contribution in [0.5, 0.6) is 0 Å². The van der Waals surface area contributed by atoms with Crippen molar-refractivity contribution in [2.45, 2.75) is 6.73 Å². The van der Waals surface area contributed by atoms with Gasteiger partial charge in [0.05, 0.1) is 20.3 Å². The summed E-state index contributed by atoms with van der Waals surface area (Å²) in [5.41, 5.74) is -1.69. The highest BCUT2D eigenvalue weighted by molar-refractivity contribution is 5.87. The van der Waals surface area contributed by atoms with Gasteiger partial charge in [-0.2, -0.15) is 0 Å². The third-order valence-electron chi connectivity index (χ3n) is 1.88. The van der Waals surface area contributed by atoms with Gasteiger partial charge in [-0.1, -0.05) is 0 Å². The zero-order chi connectivity index (χ0) is 12.8. The molecule has 1 rings (SSSR count). The van der Waals surface area contributed by atoms with Gasteiger partial charge in [-0.15, -0.1) is 0 Å². The van der Waals surface area contributed by atoms with Gasteiger partial charge in [-0.25, -0.2) is 9.59 Å². The van der Waals surface area contributed by atoms with Gasteiger partial charge in [0.25, 0.3) is 5.56 Å². The quantitative estimate of drug-likeness (QED) is 0.471. The van der Waals surface area contributed by atoms with E-state index in [1.54, 1.807) is 0 Å². The monoisotopic (exact) mass is 244 g/mol. The van der Waals surface area contributed by atoms with Crippen molar-refractivity contribution >= 4 is 5.97 Å². The molecule has 2 N–H and O–H groups in total. The van der Waals surface area contributed by atoms with E-state index in [2.05, 4.69) is 4.74 Å². The van der Waals surface area contributed by atoms with Crippen molar-refractivity contribution in [1.82, 2.24) is 9.55 Å². The normalized spacial score (nSPS) is 10.2. The van der Waals surface area contributed by atoms with Crippen molar-refractivity contribution < 1.29 is 19.4 Å². The summed E-state index contributed by atoms with van der Waals surface area (Å²) in [6, 6.07) is 0.940. The minimum absolute atomic E-state index is 0.00613. The summed E-state index contributed by atoms with van der Waals surface area (Å²) in [5.74, 6) is -0.819. The van der Waals surface area contributed by atoms with Crippen LogP contribution >= 0.6 is 0 Å². The third-order valence-corrected chi connectivity index (χ3v) is 1.88. The van der Waals surface area contributed by atoms with E-state index in [4.69, 9.17) is 9.84 Å². The number of nitrogens with zero attached hydrogens (tertiary/aromatic N) is 1. The van der Waals surface area contributed by atoms with E-state index in [9.17, 15) is 14.4 Å². The fourth-order valence-electron chi connectivity index (χ4n) is 1.14. The van der Waals surface area contributed by atoms with E-state index < -0.39 is 17.2 Å². The number of H-pyrrole nitrogens is 1. The number of nitrogens with one attached hydrogen (secondary N) is 1. The van der Waals surface area contributed by atoms with Crippen LogP contribution in [-0.4, -0.2) is 41.0 Å². The predicted molar refractivity (Wildman–Crippen MR) is 55.7 cm³/mol. The summed E-state index contributed by atoms with van der Waals surface area (Å²) >= 11 is 0. The maximum atomic E-state index is 11.4. The number of carbonyl (C=O) groups excluding carboxylic acids is 1. The van der Waals surface area contributed by atoms with Gasteiger partial charge in [0.1, 0.15) is 12.4 Å². The Kier molecular flexibility index (Phi) is 4.61. The molecule has 0 amide bonds. The number of aliphatic hydroxyl groups excluding tert-OH is 1. The molecule has 0 aliphatic rings. The SMILES string of the molecule is COC(=O)c1cc(=O)[nH]c(=O)n1COCCO. The number of esters is 1. The minimum Gasteiger partial charge on any atom is -0.464 e. The Morgan fingerprint density at radius 2 is 2.24 bits per heavy atom. The highest BCUT2D eigenvalue weighted by atomic mass is 16.5. The lowest BCUT2D eigenvalue weighted by molar-refractivity contribution is 0.0384. The Bertz CT molecular complexity index is 503. The Morgan fingerprint density at radius 1 is 1.53 bits per heavy atom. The molecule has 0 atom stereocenters. The molecule has 1 aromatic rings. The highest BCUT2D eigenvalue weighted by Crippen LogP contribution is 1.96. The molecule has 94 valence electrons. The number of methoxy groups -OCH3 is 1. The maximum Gasteiger partial charge on any atom is 0.355 e. The highest BCUT2D eigenvalue weighted by Gasteiger charge is 2.14. The number of ether oxygens (including phenoxy) is 2. The second-order valence-electron chi connectivity index (χ2n) is 3.00. The molecule has 0 aliphatic carbocycles. The van der Waals surface area contributed by atoms with Crippen LogP contribution in [0.4, 0.5) is 0 Å². The minimum atomic E-state index is -0.819. The van der Waals surface area contributed by atoms with Crippen molar-refractivity contribution in [3.63, 3.8) is 0 Å². The zero-order valence-corrected chi connectivity index (χ0v) is 9.13. The van der Waals surface area contributed by atoms with Crippen LogP contribution in [0.15, 0.2) is 15.7 Å². The Hall–Kier alpha value is -1.93. The van der Waals surface area contributed by atoms with Crippen LogP contribution in [0.3, 0.4) is 0 Å². The summed E-state index contributed by atoms with van der Waals surface area (Å²) in [5, 5.41) is 8.52. The molecular formula is C9H12N2O6. The molecule has 17 heavy (non-hydrogen) atoms. The summed E-state index contributed by atoms with van der Waals surface area (Å²) in [6.07, 6.45) is 0. The van der Waals surface area contributed by atoms with E-state index in [-0.39, 0.29) is 25.6 Å². The molecule has 1 heterocycles. The molecule has 0 saturated carbocycles. The van der Waals surface area contributed by atoms with Gasteiger partial charge in [-0.3, -0.25) is 14.3 Å². The van der Waals surface area contributed by atoms with Crippen LogP contribution < -0.4 is 11.2 Å². The largest absolute Gasteiger partial charge is 0.464 e. The zero-order valence-electron chi connectivity index (χ0n) is 9.13. The summed E-state index contributed by atoms with van der Waals surface area (Å²) in [7, 11) is 1.13. The molecule has 0 aromatic carbocycles. The fourth-order valence-corrected chi connectivity index (χ4v) is 1.14. The number of hydrogen-bond acceptors (Lipinski definition) is 6. The van der Waals surface area contributed by atoms with E-state index >= 15 is 0 Å². The van der Waals surface area contributed by atoms with Gasteiger partial charge in [-0.05, 0) is 0 Å². The molecule has 0 unspecified atom stereocenters. The number of aliphatic hydroxyl groups is 1. The molecule has 0 bridgehead atoms.